The van der Waals surface area contributed by atoms with E-state index in [2.05, 4.69) is 125 Å². The zero-order valence-electron chi connectivity index (χ0n) is 39.9. The SMILES string of the molecule is CC1(C)CC1.CC1(C)CCC1.CC1CC(C)C1.CC1CC1C.CC1CCC1C.CCC1(C)CC1.CCC1(C)CC1.CCC1CC1C.CCC1CC1C. The summed E-state index contributed by atoms with van der Waals surface area (Å²) in [5.41, 5.74) is 3.06. The average Bonchev–Trinajstić information content (AvgIpc) is 3.81. The molecule has 0 heteroatoms. The van der Waals surface area contributed by atoms with E-state index in [9.17, 15) is 0 Å². The molecule has 0 heterocycles. The third-order valence-electron chi connectivity index (χ3n) is 15.6. The van der Waals surface area contributed by atoms with Gasteiger partial charge in [-0.05, 0) is 164 Å². The van der Waals surface area contributed by atoms with Crippen LogP contribution < -0.4 is 0 Å². The lowest BCUT2D eigenvalue weighted by atomic mass is 9.72. The number of rotatable bonds is 4. The van der Waals surface area contributed by atoms with Gasteiger partial charge in [0, 0.05) is 0 Å². The van der Waals surface area contributed by atoms with Crippen LogP contribution in [-0.4, -0.2) is 0 Å². The van der Waals surface area contributed by atoms with Gasteiger partial charge in [-0.2, -0.15) is 0 Å². The third-order valence-corrected chi connectivity index (χ3v) is 15.6. The summed E-state index contributed by atoms with van der Waals surface area (Å²) in [5.74, 6) is 10.6. The van der Waals surface area contributed by atoms with E-state index in [1.807, 2.05) is 0 Å². The van der Waals surface area contributed by atoms with Crippen molar-refractivity contribution in [2.24, 2.45) is 80.8 Å². The Balaban J connectivity index is 0.000000293. The molecule has 8 atom stereocenters. The molecule has 0 bridgehead atoms. The molecule has 0 N–H and O–H groups in total. The highest BCUT2D eigenvalue weighted by Crippen LogP contribution is 2.48. The Morgan fingerprint density at radius 1 is 0.365 bits per heavy atom. The molecule has 0 aromatic carbocycles. The van der Waals surface area contributed by atoms with Crippen LogP contribution >= 0.6 is 0 Å². The van der Waals surface area contributed by atoms with Crippen LogP contribution in [0.15, 0.2) is 0 Å². The molecule has 0 aromatic rings. The minimum atomic E-state index is 0.722. The second-order valence-electron chi connectivity index (χ2n) is 23.2. The lowest BCUT2D eigenvalue weighted by molar-refractivity contribution is 0.190. The summed E-state index contributed by atoms with van der Waals surface area (Å²) in [6, 6.07) is 0. The summed E-state index contributed by atoms with van der Waals surface area (Å²) in [4.78, 5) is 0. The van der Waals surface area contributed by atoms with Crippen molar-refractivity contribution in [2.75, 3.05) is 0 Å². The molecule has 0 aliphatic heterocycles. The van der Waals surface area contributed by atoms with E-state index >= 15 is 0 Å². The minimum Gasteiger partial charge on any atom is -0.0651 e. The van der Waals surface area contributed by atoms with Gasteiger partial charge in [-0.3, -0.25) is 0 Å². The maximum absolute atomic E-state index is 2.35. The predicted molar refractivity (Wildman–Crippen MR) is 239 cm³/mol. The van der Waals surface area contributed by atoms with Crippen LogP contribution in [0.3, 0.4) is 0 Å². The molecule has 0 saturated heterocycles. The van der Waals surface area contributed by atoms with Crippen molar-refractivity contribution in [3.05, 3.63) is 0 Å². The van der Waals surface area contributed by atoms with Gasteiger partial charge in [0.25, 0.3) is 0 Å². The second kappa shape index (κ2) is 23.3. The van der Waals surface area contributed by atoms with E-state index in [1.54, 1.807) is 0 Å². The molecule has 312 valence electrons. The first-order valence-electron chi connectivity index (χ1n) is 24.0. The van der Waals surface area contributed by atoms with Crippen molar-refractivity contribution in [2.45, 2.75) is 253 Å². The van der Waals surface area contributed by atoms with Crippen molar-refractivity contribution in [3.63, 3.8) is 0 Å². The van der Waals surface area contributed by atoms with E-state index in [0.29, 0.717) is 0 Å². The number of hydrogen-bond acceptors (Lipinski definition) is 0. The Morgan fingerprint density at radius 3 is 0.615 bits per heavy atom. The molecule has 9 saturated carbocycles. The van der Waals surface area contributed by atoms with Crippen LogP contribution in [-0.2, 0) is 0 Å². The molecule has 9 aliphatic carbocycles. The molecule has 9 aliphatic rings. The first kappa shape index (κ1) is 50.0. The van der Waals surface area contributed by atoms with E-state index in [4.69, 9.17) is 0 Å². The minimum absolute atomic E-state index is 0.722. The van der Waals surface area contributed by atoms with Crippen LogP contribution in [0.2, 0.25) is 0 Å². The molecule has 0 radical (unpaired) electrons. The van der Waals surface area contributed by atoms with Crippen molar-refractivity contribution >= 4 is 0 Å². The van der Waals surface area contributed by atoms with E-state index < -0.39 is 0 Å². The first-order chi connectivity index (χ1) is 24.0. The summed E-state index contributed by atoms with van der Waals surface area (Å²) in [7, 11) is 0. The summed E-state index contributed by atoms with van der Waals surface area (Å²) in [6.07, 6.45) is 29.1. The standard InChI is InChI=1S/7C6H12.2C5H10/c1-5-3-6(2)4-5;1-6(2)4-3-5-6;1-5-3-4-6(5)2;2*1-3-6(2)4-5-6;2*1-3-6-4-5(6)2;1-5(2)3-4-5;1-4-3-5(4)2/h5-6H,3-4H2,1-2H3;3-5H2,1-2H3;5-6H,3-4H2,1-2H3;2*3-5H2,1-2H3;2*5-6H,3-4H2,1-2H3;3-4H2,1-2H3;4-5H,3H2,1-2H3. The van der Waals surface area contributed by atoms with Gasteiger partial charge in [-0.1, -0.05) is 170 Å². The van der Waals surface area contributed by atoms with Crippen LogP contribution in [0.25, 0.3) is 0 Å². The second-order valence-corrected chi connectivity index (χ2v) is 23.2. The lowest BCUT2D eigenvalue weighted by Gasteiger charge is -2.33. The number of hydrogen-bond donors (Lipinski definition) is 0. The van der Waals surface area contributed by atoms with Gasteiger partial charge in [0.15, 0.2) is 0 Å². The topological polar surface area (TPSA) is 0 Å². The van der Waals surface area contributed by atoms with Crippen LogP contribution in [0.1, 0.15) is 253 Å². The maximum atomic E-state index is 2.35. The summed E-state index contributed by atoms with van der Waals surface area (Å²) in [5, 5.41) is 0. The summed E-state index contributed by atoms with van der Waals surface area (Å²) >= 11 is 0. The summed E-state index contributed by atoms with van der Waals surface area (Å²) < 4.78 is 0. The molecule has 0 spiro atoms. The monoisotopic (exact) mass is 729 g/mol. The molecule has 0 amide bonds. The molecule has 8 unspecified atom stereocenters. The average molecular weight is 729 g/mol. The molecule has 9 rings (SSSR count). The van der Waals surface area contributed by atoms with Crippen molar-refractivity contribution in [1.82, 2.24) is 0 Å². The Bertz CT molecular complexity index is 817. The van der Waals surface area contributed by atoms with Gasteiger partial charge in [0.05, 0.1) is 0 Å². The van der Waals surface area contributed by atoms with Crippen LogP contribution in [0, 0.1) is 80.8 Å². The highest BCUT2D eigenvalue weighted by atomic mass is 14.4. The summed E-state index contributed by atoms with van der Waals surface area (Å²) in [6.45, 7) is 41.6. The van der Waals surface area contributed by atoms with Crippen LogP contribution in [0.4, 0.5) is 0 Å². The molecule has 9 fully saturated rings. The van der Waals surface area contributed by atoms with Crippen molar-refractivity contribution in [1.29, 1.82) is 0 Å². The predicted octanol–water partition coefficient (Wildman–Crippen LogP) is 18.3. The highest BCUT2D eigenvalue weighted by molar-refractivity contribution is 4.87. The van der Waals surface area contributed by atoms with Gasteiger partial charge in [0.2, 0.25) is 0 Å². The smallest absolute Gasteiger partial charge is 0.0328 e. The Labute approximate surface area is 332 Å². The molecular formula is C52H104. The molecular weight excluding hydrogens is 625 g/mol. The zero-order chi connectivity index (χ0) is 39.9. The quantitative estimate of drug-likeness (QED) is 0.270. The van der Waals surface area contributed by atoms with E-state index in [1.165, 1.54) is 128 Å². The normalized spacial score (nSPS) is 37.5. The van der Waals surface area contributed by atoms with Gasteiger partial charge in [-0.25, -0.2) is 0 Å². The molecule has 0 nitrogen and oxygen atoms in total. The fourth-order valence-electron chi connectivity index (χ4n) is 6.85. The highest BCUT2D eigenvalue weighted by Gasteiger charge is 2.35. The van der Waals surface area contributed by atoms with Gasteiger partial charge >= 0.3 is 0 Å². The van der Waals surface area contributed by atoms with Gasteiger partial charge in [-0.15, -0.1) is 0 Å². The maximum Gasteiger partial charge on any atom is -0.0328 e. The van der Waals surface area contributed by atoms with E-state index in [0.717, 1.165) is 80.8 Å². The van der Waals surface area contributed by atoms with Crippen LogP contribution in [0.5, 0.6) is 0 Å². The molecule has 52 heavy (non-hydrogen) atoms. The largest absolute Gasteiger partial charge is 0.0651 e. The lowest BCUT2D eigenvalue weighted by Crippen LogP contribution is -2.20. The van der Waals surface area contributed by atoms with Crippen molar-refractivity contribution < 1.29 is 0 Å². The first-order valence-corrected chi connectivity index (χ1v) is 24.0. The fraction of sp³-hybridized carbons (Fsp3) is 1.00. The fourth-order valence-corrected chi connectivity index (χ4v) is 6.85. The zero-order valence-corrected chi connectivity index (χ0v) is 39.9. The van der Waals surface area contributed by atoms with Crippen molar-refractivity contribution in [3.8, 4) is 0 Å². The van der Waals surface area contributed by atoms with Gasteiger partial charge in [0.1, 0.15) is 0 Å². The van der Waals surface area contributed by atoms with Gasteiger partial charge < -0.3 is 0 Å². The Morgan fingerprint density at radius 2 is 0.615 bits per heavy atom. The third kappa shape index (κ3) is 26.0. The Hall–Kier alpha value is 0. The Kier molecular flexibility index (Phi) is 22.4. The van der Waals surface area contributed by atoms with E-state index in [-0.39, 0.29) is 0 Å². The molecule has 0 aromatic heterocycles.